The van der Waals surface area contributed by atoms with Gasteiger partial charge in [-0.1, -0.05) is 17.7 Å². The first-order valence-corrected chi connectivity index (χ1v) is 4.28. The number of allylic oxidation sites excluding steroid dienone is 2. The second-order valence-electron chi connectivity index (χ2n) is 3.46. The molecule has 1 aromatic rings. The van der Waals surface area contributed by atoms with Crippen LogP contribution >= 0.6 is 0 Å². The summed E-state index contributed by atoms with van der Waals surface area (Å²) in [5, 5.41) is 0. The predicted octanol–water partition coefficient (Wildman–Crippen LogP) is 2.31. The highest BCUT2D eigenvalue weighted by atomic mass is 14.5. The topological polar surface area (TPSA) is 26.0 Å². The van der Waals surface area contributed by atoms with Gasteiger partial charge in [0, 0.05) is 5.69 Å². The van der Waals surface area contributed by atoms with Crippen LogP contribution in [0.3, 0.4) is 0 Å². The van der Waals surface area contributed by atoms with Crippen molar-refractivity contribution in [1.29, 1.82) is 0 Å². The number of benzene rings is 1. The monoisotopic (exact) mass is 159 g/mol. The first-order valence-electron chi connectivity index (χ1n) is 4.28. The summed E-state index contributed by atoms with van der Waals surface area (Å²) >= 11 is 0. The lowest BCUT2D eigenvalue weighted by molar-refractivity contribution is 1.02. The zero-order valence-electron chi connectivity index (χ0n) is 7.30. The largest absolute Gasteiger partial charge is 0.399 e. The molecule has 0 unspecified atom stereocenters. The second-order valence-corrected chi connectivity index (χ2v) is 3.46. The quantitative estimate of drug-likeness (QED) is 0.456. The molecule has 2 rings (SSSR count). The van der Waals surface area contributed by atoms with E-state index in [9.17, 15) is 0 Å². The van der Waals surface area contributed by atoms with Crippen LogP contribution in [-0.4, -0.2) is 0 Å². The van der Waals surface area contributed by atoms with Gasteiger partial charge < -0.3 is 5.73 Å². The lowest BCUT2D eigenvalue weighted by Gasteiger charge is -2.14. The van der Waals surface area contributed by atoms with Gasteiger partial charge in [0.25, 0.3) is 0 Å². The summed E-state index contributed by atoms with van der Waals surface area (Å²) < 4.78 is 0. The summed E-state index contributed by atoms with van der Waals surface area (Å²) in [6.45, 7) is 2.18. The average molecular weight is 159 g/mol. The van der Waals surface area contributed by atoms with Gasteiger partial charge in [0.05, 0.1) is 0 Å². The van der Waals surface area contributed by atoms with Gasteiger partial charge in [0.1, 0.15) is 0 Å². The summed E-state index contributed by atoms with van der Waals surface area (Å²) in [6.07, 6.45) is 4.42. The standard InChI is InChI=1S/C11H13N/c1-8-2-3-10-7-11(12)5-4-9(10)6-8/h2,4-5,7H,3,6,12H2,1H3. The molecule has 0 saturated carbocycles. The smallest absolute Gasteiger partial charge is 0.0317 e. The van der Waals surface area contributed by atoms with Crippen molar-refractivity contribution in [3.05, 3.63) is 41.0 Å². The van der Waals surface area contributed by atoms with Crippen LogP contribution in [-0.2, 0) is 12.8 Å². The molecule has 0 radical (unpaired) electrons. The molecule has 1 nitrogen and oxygen atoms in total. The van der Waals surface area contributed by atoms with Crippen LogP contribution in [0.15, 0.2) is 29.8 Å². The van der Waals surface area contributed by atoms with Gasteiger partial charge in [-0.05, 0) is 43.0 Å². The molecule has 0 aliphatic heterocycles. The van der Waals surface area contributed by atoms with Crippen LogP contribution < -0.4 is 5.73 Å². The molecule has 0 bridgehead atoms. The van der Waals surface area contributed by atoms with E-state index < -0.39 is 0 Å². The highest BCUT2D eigenvalue weighted by Crippen LogP contribution is 2.22. The molecule has 1 aliphatic carbocycles. The Bertz CT molecular complexity index is 337. The summed E-state index contributed by atoms with van der Waals surface area (Å²) in [5.74, 6) is 0. The first kappa shape index (κ1) is 7.41. The molecule has 62 valence electrons. The fourth-order valence-electron chi connectivity index (χ4n) is 1.67. The number of rotatable bonds is 0. The van der Waals surface area contributed by atoms with E-state index in [1.165, 1.54) is 16.7 Å². The molecular weight excluding hydrogens is 146 g/mol. The summed E-state index contributed by atoms with van der Waals surface area (Å²) in [6, 6.07) is 6.21. The van der Waals surface area contributed by atoms with Crippen LogP contribution in [0.25, 0.3) is 0 Å². The Morgan fingerprint density at radius 3 is 2.92 bits per heavy atom. The Kier molecular flexibility index (Phi) is 1.65. The Morgan fingerprint density at radius 2 is 2.08 bits per heavy atom. The molecule has 0 fully saturated rings. The lowest BCUT2D eigenvalue weighted by atomic mass is 9.92. The van der Waals surface area contributed by atoms with Crippen molar-refractivity contribution in [2.45, 2.75) is 19.8 Å². The van der Waals surface area contributed by atoms with E-state index in [1.807, 2.05) is 6.07 Å². The van der Waals surface area contributed by atoms with E-state index in [-0.39, 0.29) is 0 Å². The SMILES string of the molecule is CC1=CCc2cc(N)ccc2C1. The third-order valence-corrected chi connectivity index (χ3v) is 2.37. The molecular formula is C11H13N. The zero-order chi connectivity index (χ0) is 8.55. The minimum atomic E-state index is 0.877. The van der Waals surface area contributed by atoms with Gasteiger partial charge in [0.15, 0.2) is 0 Å². The fourth-order valence-corrected chi connectivity index (χ4v) is 1.67. The van der Waals surface area contributed by atoms with Crippen molar-refractivity contribution in [3.63, 3.8) is 0 Å². The van der Waals surface area contributed by atoms with Crippen molar-refractivity contribution in [2.24, 2.45) is 0 Å². The molecule has 12 heavy (non-hydrogen) atoms. The van der Waals surface area contributed by atoms with Gasteiger partial charge in [-0.25, -0.2) is 0 Å². The minimum Gasteiger partial charge on any atom is -0.399 e. The number of nitrogen functional groups attached to an aromatic ring is 1. The number of hydrogen-bond acceptors (Lipinski definition) is 1. The lowest BCUT2D eigenvalue weighted by Crippen LogP contribution is -2.01. The maximum Gasteiger partial charge on any atom is 0.0317 e. The Morgan fingerprint density at radius 1 is 1.25 bits per heavy atom. The average Bonchev–Trinajstić information content (AvgIpc) is 2.05. The maximum atomic E-state index is 5.70. The van der Waals surface area contributed by atoms with Crippen LogP contribution in [0.1, 0.15) is 18.1 Å². The normalized spacial score (nSPS) is 15.2. The second kappa shape index (κ2) is 2.67. The Balaban J connectivity index is 2.43. The van der Waals surface area contributed by atoms with E-state index >= 15 is 0 Å². The van der Waals surface area contributed by atoms with E-state index in [0.29, 0.717) is 0 Å². The summed E-state index contributed by atoms with van der Waals surface area (Å²) in [5.41, 5.74) is 10.9. The van der Waals surface area contributed by atoms with Crippen molar-refractivity contribution >= 4 is 5.69 Å². The molecule has 0 heterocycles. The number of nitrogens with two attached hydrogens (primary N) is 1. The summed E-state index contributed by atoms with van der Waals surface area (Å²) in [7, 11) is 0. The van der Waals surface area contributed by atoms with Gasteiger partial charge in [-0.3, -0.25) is 0 Å². The molecule has 0 atom stereocenters. The molecule has 1 aliphatic rings. The van der Waals surface area contributed by atoms with Crippen LogP contribution in [0.4, 0.5) is 5.69 Å². The van der Waals surface area contributed by atoms with Gasteiger partial charge in [-0.2, -0.15) is 0 Å². The van der Waals surface area contributed by atoms with E-state index in [2.05, 4.69) is 25.1 Å². The Hall–Kier alpha value is -1.24. The van der Waals surface area contributed by atoms with Crippen LogP contribution in [0.2, 0.25) is 0 Å². The molecule has 1 aromatic carbocycles. The minimum absolute atomic E-state index is 0.877. The fraction of sp³-hybridized carbons (Fsp3) is 0.273. The van der Waals surface area contributed by atoms with Gasteiger partial charge in [-0.15, -0.1) is 0 Å². The van der Waals surface area contributed by atoms with E-state index in [4.69, 9.17) is 5.73 Å². The van der Waals surface area contributed by atoms with Crippen molar-refractivity contribution in [1.82, 2.24) is 0 Å². The molecule has 1 heteroatoms. The van der Waals surface area contributed by atoms with Crippen molar-refractivity contribution in [3.8, 4) is 0 Å². The van der Waals surface area contributed by atoms with Crippen molar-refractivity contribution in [2.75, 3.05) is 5.73 Å². The van der Waals surface area contributed by atoms with Gasteiger partial charge in [0.2, 0.25) is 0 Å². The van der Waals surface area contributed by atoms with Crippen LogP contribution in [0, 0.1) is 0 Å². The van der Waals surface area contributed by atoms with E-state index in [0.717, 1.165) is 18.5 Å². The molecule has 0 spiro atoms. The Labute approximate surface area is 72.9 Å². The first-order chi connectivity index (χ1) is 5.75. The third-order valence-electron chi connectivity index (χ3n) is 2.37. The zero-order valence-corrected chi connectivity index (χ0v) is 7.30. The number of hydrogen-bond donors (Lipinski definition) is 1. The molecule has 0 saturated heterocycles. The number of fused-ring (bicyclic) bond motifs is 1. The summed E-state index contributed by atoms with van der Waals surface area (Å²) in [4.78, 5) is 0. The highest BCUT2D eigenvalue weighted by molar-refractivity contribution is 5.48. The predicted molar refractivity (Wildman–Crippen MR) is 52.0 cm³/mol. The van der Waals surface area contributed by atoms with E-state index in [1.54, 1.807) is 0 Å². The third kappa shape index (κ3) is 1.22. The van der Waals surface area contributed by atoms with Gasteiger partial charge >= 0.3 is 0 Å². The molecule has 0 amide bonds. The highest BCUT2D eigenvalue weighted by Gasteiger charge is 2.07. The molecule has 0 aromatic heterocycles. The molecule has 2 N–H and O–H groups in total. The van der Waals surface area contributed by atoms with Crippen molar-refractivity contribution < 1.29 is 0 Å². The number of anilines is 1. The van der Waals surface area contributed by atoms with Crippen LogP contribution in [0.5, 0.6) is 0 Å². The maximum absolute atomic E-state index is 5.70.